The normalized spacial score (nSPS) is 10.8. The molecule has 0 aliphatic carbocycles. The second-order valence-electron chi connectivity index (χ2n) is 7.06. The molecule has 0 aliphatic heterocycles. The minimum absolute atomic E-state index is 0.0778. The van der Waals surface area contributed by atoms with Gasteiger partial charge in [-0.1, -0.05) is 18.2 Å². The zero-order valence-corrected chi connectivity index (χ0v) is 16.9. The summed E-state index contributed by atoms with van der Waals surface area (Å²) < 4.78 is 7.28. The average molecular weight is 400 g/mol. The molecule has 0 unspecified atom stereocenters. The second kappa shape index (κ2) is 9.22. The number of methoxy groups -OCH3 is 1. The van der Waals surface area contributed by atoms with Crippen molar-refractivity contribution in [3.8, 4) is 17.0 Å². The number of unbranched alkanes of at least 4 members (excludes halogenated alkanes) is 1. The third-order valence-electron chi connectivity index (χ3n) is 5.03. The maximum atomic E-state index is 13.0. The van der Waals surface area contributed by atoms with E-state index >= 15 is 0 Å². The van der Waals surface area contributed by atoms with Crippen LogP contribution in [0.4, 0.5) is 0 Å². The monoisotopic (exact) mass is 400 g/mol. The number of nitrogens with one attached hydrogen (secondary N) is 1. The lowest BCUT2D eigenvalue weighted by Crippen LogP contribution is -2.25. The van der Waals surface area contributed by atoms with Gasteiger partial charge in [-0.15, -0.1) is 0 Å². The van der Waals surface area contributed by atoms with Crippen LogP contribution in [0.15, 0.2) is 73.3 Å². The molecule has 2 aromatic carbocycles. The van der Waals surface area contributed by atoms with E-state index in [1.807, 2.05) is 71.7 Å². The largest absolute Gasteiger partial charge is 0.497 e. The summed E-state index contributed by atoms with van der Waals surface area (Å²) in [6, 6.07) is 17.3. The molecule has 6 heteroatoms. The smallest absolute Gasteiger partial charge is 0.252 e. The van der Waals surface area contributed by atoms with Crippen molar-refractivity contribution in [2.24, 2.45) is 0 Å². The topological polar surface area (TPSA) is 69.0 Å². The predicted octanol–water partition coefficient (Wildman–Crippen LogP) is 4.32. The Balaban J connectivity index is 1.50. The number of fused-ring (bicyclic) bond motifs is 1. The van der Waals surface area contributed by atoms with Gasteiger partial charge in [0.2, 0.25) is 0 Å². The van der Waals surface area contributed by atoms with Crippen molar-refractivity contribution in [3.63, 3.8) is 0 Å². The molecule has 1 amide bonds. The number of aryl methyl sites for hydroxylation is 1. The summed E-state index contributed by atoms with van der Waals surface area (Å²) in [6.45, 7) is 1.53. The van der Waals surface area contributed by atoms with Gasteiger partial charge in [0.15, 0.2) is 0 Å². The van der Waals surface area contributed by atoms with Gasteiger partial charge in [0.25, 0.3) is 5.91 Å². The van der Waals surface area contributed by atoms with Crippen LogP contribution in [0, 0.1) is 0 Å². The molecule has 4 rings (SSSR count). The highest BCUT2D eigenvalue weighted by Gasteiger charge is 2.13. The quantitative estimate of drug-likeness (QED) is 0.447. The van der Waals surface area contributed by atoms with Crippen LogP contribution in [0.5, 0.6) is 5.75 Å². The molecule has 1 N–H and O–H groups in total. The van der Waals surface area contributed by atoms with Crippen LogP contribution in [-0.2, 0) is 6.54 Å². The van der Waals surface area contributed by atoms with Crippen molar-refractivity contribution in [1.82, 2.24) is 19.9 Å². The molecule has 0 radical (unpaired) electrons. The second-order valence-corrected chi connectivity index (χ2v) is 7.06. The number of nitrogens with zero attached hydrogens (tertiary/aromatic N) is 3. The van der Waals surface area contributed by atoms with E-state index in [9.17, 15) is 4.79 Å². The number of amides is 1. The van der Waals surface area contributed by atoms with Gasteiger partial charge >= 0.3 is 0 Å². The minimum atomic E-state index is -0.0778. The molecule has 4 aromatic rings. The maximum absolute atomic E-state index is 13.0. The molecule has 0 saturated carbocycles. The number of aromatic nitrogens is 3. The van der Waals surface area contributed by atoms with Crippen LogP contribution in [0.1, 0.15) is 23.2 Å². The van der Waals surface area contributed by atoms with E-state index in [2.05, 4.69) is 10.3 Å². The number of pyridine rings is 1. The molecule has 30 heavy (non-hydrogen) atoms. The average Bonchev–Trinajstić information content (AvgIpc) is 3.31. The van der Waals surface area contributed by atoms with E-state index in [-0.39, 0.29) is 5.91 Å². The number of para-hydroxylation sites is 1. The molecular weight excluding hydrogens is 376 g/mol. The number of hydrogen-bond acceptors (Lipinski definition) is 4. The highest BCUT2D eigenvalue weighted by Crippen LogP contribution is 2.26. The summed E-state index contributed by atoms with van der Waals surface area (Å²) in [5, 5.41) is 3.91. The number of imidazole rings is 1. The number of carbonyl (C=O) groups excluding carboxylic acids is 1. The standard InChI is InChI=1S/C24H24N4O2/c1-30-19-10-8-18(9-11-19)23-16-21(20-6-2-3-7-22(20)27-23)24(29)26-12-4-5-14-28-15-13-25-17-28/h2-3,6-11,13,15-17H,4-5,12,14H2,1H3,(H,26,29). The zero-order valence-electron chi connectivity index (χ0n) is 16.9. The molecule has 6 nitrogen and oxygen atoms in total. The summed E-state index contributed by atoms with van der Waals surface area (Å²) in [4.78, 5) is 21.8. The molecule has 0 aliphatic rings. The number of hydrogen-bond donors (Lipinski definition) is 1. The van der Waals surface area contributed by atoms with E-state index in [1.165, 1.54) is 0 Å². The molecule has 2 heterocycles. The van der Waals surface area contributed by atoms with Crippen molar-refractivity contribution in [2.45, 2.75) is 19.4 Å². The Labute approximate surface area is 175 Å². The fourth-order valence-corrected chi connectivity index (χ4v) is 3.41. The van der Waals surface area contributed by atoms with Crippen molar-refractivity contribution in [3.05, 3.63) is 78.9 Å². The molecule has 152 valence electrons. The van der Waals surface area contributed by atoms with Gasteiger partial charge in [-0.3, -0.25) is 4.79 Å². The Bertz CT molecular complexity index is 1120. The SMILES string of the molecule is COc1ccc(-c2cc(C(=O)NCCCCn3ccnc3)c3ccccc3n2)cc1. The molecule has 0 spiro atoms. The van der Waals surface area contributed by atoms with Crippen molar-refractivity contribution in [2.75, 3.05) is 13.7 Å². The summed E-state index contributed by atoms with van der Waals surface area (Å²) in [7, 11) is 1.64. The van der Waals surface area contributed by atoms with Gasteiger partial charge in [0.05, 0.1) is 30.2 Å². The maximum Gasteiger partial charge on any atom is 0.252 e. The molecule has 0 atom stereocenters. The van der Waals surface area contributed by atoms with Gasteiger partial charge in [-0.05, 0) is 49.2 Å². The Kier molecular flexibility index (Phi) is 6.03. The summed E-state index contributed by atoms with van der Waals surface area (Å²) >= 11 is 0. The first kappa shape index (κ1) is 19.6. The predicted molar refractivity (Wildman–Crippen MR) is 118 cm³/mol. The van der Waals surface area contributed by atoms with Gasteiger partial charge in [0, 0.05) is 36.4 Å². The molecular formula is C24H24N4O2. The first-order valence-electron chi connectivity index (χ1n) is 10.0. The van der Waals surface area contributed by atoms with E-state index in [0.29, 0.717) is 12.1 Å². The molecule has 0 fully saturated rings. The van der Waals surface area contributed by atoms with E-state index in [0.717, 1.165) is 47.3 Å². The molecule has 0 bridgehead atoms. The summed E-state index contributed by atoms with van der Waals surface area (Å²) in [6.07, 6.45) is 7.41. The Hall–Kier alpha value is -3.67. The minimum Gasteiger partial charge on any atom is -0.497 e. The lowest BCUT2D eigenvalue weighted by Gasteiger charge is -2.11. The van der Waals surface area contributed by atoms with Crippen LogP contribution >= 0.6 is 0 Å². The van der Waals surface area contributed by atoms with Crippen LogP contribution in [0.2, 0.25) is 0 Å². The van der Waals surface area contributed by atoms with Crippen LogP contribution in [0.3, 0.4) is 0 Å². The van der Waals surface area contributed by atoms with Crippen molar-refractivity contribution >= 4 is 16.8 Å². The molecule has 0 saturated heterocycles. The number of ether oxygens (including phenoxy) is 1. The van der Waals surface area contributed by atoms with Gasteiger partial charge in [0.1, 0.15) is 5.75 Å². The summed E-state index contributed by atoms with van der Waals surface area (Å²) in [5.74, 6) is 0.708. The van der Waals surface area contributed by atoms with Crippen molar-refractivity contribution in [1.29, 1.82) is 0 Å². The molecule has 2 aromatic heterocycles. The Morgan fingerprint density at radius 3 is 2.70 bits per heavy atom. The fraction of sp³-hybridized carbons (Fsp3) is 0.208. The first-order chi connectivity index (χ1) is 14.7. The number of benzene rings is 2. The number of rotatable bonds is 8. The highest BCUT2D eigenvalue weighted by molar-refractivity contribution is 6.07. The highest BCUT2D eigenvalue weighted by atomic mass is 16.5. The van der Waals surface area contributed by atoms with Crippen LogP contribution in [-0.4, -0.2) is 34.1 Å². The number of carbonyl (C=O) groups is 1. The van der Waals surface area contributed by atoms with Gasteiger partial charge in [-0.25, -0.2) is 9.97 Å². The van der Waals surface area contributed by atoms with Crippen molar-refractivity contribution < 1.29 is 9.53 Å². The van der Waals surface area contributed by atoms with Gasteiger partial charge in [-0.2, -0.15) is 0 Å². The van der Waals surface area contributed by atoms with Crippen LogP contribution in [0.25, 0.3) is 22.2 Å². The van der Waals surface area contributed by atoms with E-state index in [1.54, 1.807) is 13.3 Å². The van der Waals surface area contributed by atoms with Crippen LogP contribution < -0.4 is 10.1 Å². The fourth-order valence-electron chi connectivity index (χ4n) is 3.41. The lowest BCUT2D eigenvalue weighted by molar-refractivity contribution is 0.0954. The van der Waals surface area contributed by atoms with E-state index < -0.39 is 0 Å². The third kappa shape index (κ3) is 4.49. The third-order valence-corrected chi connectivity index (χ3v) is 5.03. The first-order valence-corrected chi connectivity index (χ1v) is 10.0. The lowest BCUT2D eigenvalue weighted by atomic mass is 10.0. The summed E-state index contributed by atoms with van der Waals surface area (Å²) in [5.41, 5.74) is 3.15. The van der Waals surface area contributed by atoms with E-state index in [4.69, 9.17) is 9.72 Å². The van der Waals surface area contributed by atoms with Gasteiger partial charge < -0.3 is 14.6 Å². The Morgan fingerprint density at radius 2 is 1.93 bits per heavy atom. The Morgan fingerprint density at radius 1 is 1.10 bits per heavy atom. The zero-order chi connectivity index (χ0) is 20.8.